The van der Waals surface area contributed by atoms with Crippen molar-refractivity contribution in [3.63, 3.8) is 0 Å². The summed E-state index contributed by atoms with van der Waals surface area (Å²) in [6.45, 7) is 9.57. The molecule has 21 heavy (non-hydrogen) atoms. The smallest absolute Gasteiger partial charge is 0.129 e. The van der Waals surface area contributed by atoms with E-state index in [2.05, 4.69) is 62.1 Å². The molecule has 0 spiro atoms. The normalized spacial score (nSPS) is 16.3. The molecule has 0 aromatic carbocycles. The minimum absolute atomic E-state index is 0.465. The van der Waals surface area contributed by atoms with E-state index in [1.807, 2.05) is 0 Å². The molecule has 1 fully saturated rings. The lowest BCUT2D eigenvalue weighted by atomic mass is 10.2. The molecule has 1 aromatic heterocycles. The van der Waals surface area contributed by atoms with E-state index in [4.69, 9.17) is 4.98 Å². The molecule has 0 aliphatic heterocycles. The van der Waals surface area contributed by atoms with Crippen LogP contribution in [0.25, 0.3) is 0 Å². The maximum Gasteiger partial charge on any atom is 0.129 e. The molecule has 0 amide bonds. The van der Waals surface area contributed by atoms with Crippen molar-refractivity contribution in [2.24, 2.45) is 0 Å². The Morgan fingerprint density at radius 2 is 2.05 bits per heavy atom. The maximum atomic E-state index is 4.84. The number of nitrogens with zero attached hydrogens (tertiary/aromatic N) is 3. The number of aryl methyl sites for hydroxylation is 1. The van der Waals surface area contributed by atoms with Crippen LogP contribution in [0.2, 0.25) is 0 Å². The van der Waals surface area contributed by atoms with Crippen LogP contribution in [0.1, 0.15) is 37.9 Å². The Morgan fingerprint density at radius 1 is 1.33 bits per heavy atom. The number of rotatable bonds is 8. The van der Waals surface area contributed by atoms with Gasteiger partial charge in [-0.05, 0) is 59.3 Å². The number of likely N-dealkylation sites (N-methyl/N-ethyl adjacent to an activating group) is 2. The molecular formula is C17H30N4. The maximum absolute atomic E-state index is 4.84. The zero-order valence-electron chi connectivity index (χ0n) is 14.2. The quantitative estimate of drug-likeness (QED) is 0.797. The van der Waals surface area contributed by atoms with E-state index < -0.39 is 0 Å². The van der Waals surface area contributed by atoms with Gasteiger partial charge in [0.25, 0.3) is 0 Å². The molecule has 4 heteroatoms. The summed E-state index contributed by atoms with van der Waals surface area (Å²) in [5.74, 6) is 1.10. The summed E-state index contributed by atoms with van der Waals surface area (Å²) in [5.41, 5.74) is 2.47. The van der Waals surface area contributed by atoms with Crippen molar-refractivity contribution < 1.29 is 0 Å². The summed E-state index contributed by atoms with van der Waals surface area (Å²) in [5, 5.41) is 3.56. The summed E-state index contributed by atoms with van der Waals surface area (Å²) in [4.78, 5) is 9.45. The lowest BCUT2D eigenvalue weighted by Gasteiger charge is -2.31. The Labute approximate surface area is 129 Å². The van der Waals surface area contributed by atoms with Crippen LogP contribution in [0.4, 0.5) is 5.82 Å². The Bertz CT molecular complexity index is 454. The number of pyridine rings is 1. The van der Waals surface area contributed by atoms with Crippen LogP contribution in [-0.2, 0) is 6.54 Å². The summed E-state index contributed by atoms with van der Waals surface area (Å²) in [6.07, 6.45) is 2.66. The van der Waals surface area contributed by atoms with Crippen LogP contribution in [0, 0.1) is 6.92 Å². The Morgan fingerprint density at radius 3 is 2.57 bits per heavy atom. The molecular weight excluding hydrogens is 260 g/mol. The van der Waals surface area contributed by atoms with Gasteiger partial charge in [-0.1, -0.05) is 6.07 Å². The van der Waals surface area contributed by atoms with E-state index in [1.54, 1.807) is 0 Å². The number of nitrogens with one attached hydrogen (secondary N) is 1. The second-order valence-electron chi connectivity index (χ2n) is 6.47. The van der Waals surface area contributed by atoms with Gasteiger partial charge in [0.15, 0.2) is 0 Å². The molecule has 1 saturated carbocycles. The Balaban J connectivity index is 2.04. The van der Waals surface area contributed by atoms with E-state index in [0.717, 1.165) is 37.2 Å². The van der Waals surface area contributed by atoms with Gasteiger partial charge in [0.1, 0.15) is 5.82 Å². The molecule has 4 nitrogen and oxygen atoms in total. The van der Waals surface area contributed by atoms with Gasteiger partial charge in [-0.15, -0.1) is 0 Å². The van der Waals surface area contributed by atoms with Crippen LogP contribution in [0.5, 0.6) is 0 Å². The molecule has 1 aliphatic rings. The van der Waals surface area contributed by atoms with E-state index in [9.17, 15) is 0 Å². The van der Waals surface area contributed by atoms with Crippen molar-refractivity contribution >= 4 is 5.82 Å². The highest BCUT2D eigenvalue weighted by Crippen LogP contribution is 2.21. The molecule has 118 valence electrons. The molecule has 0 bridgehead atoms. The van der Waals surface area contributed by atoms with Crippen LogP contribution < -0.4 is 10.2 Å². The third kappa shape index (κ3) is 4.68. The van der Waals surface area contributed by atoms with E-state index in [1.165, 1.54) is 18.4 Å². The summed E-state index contributed by atoms with van der Waals surface area (Å²) >= 11 is 0. The molecule has 1 atom stereocenters. The first-order chi connectivity index (χ1) is 10.0. The largest absolute Gasteiger partial charge is 0.353 e. The number of anilines is 1. The average Bonchev–Trinajstić information content (AvgIpc) is 3.21. The topological polar surface area (TPSA) is 31.4 Å². The SMILES string of the molecule is CCN(c1ccc(CNC2CC2)c(C)n1)C(C)CN(C)C. The number of hydrogen-bond donors (Lipinski definition) is 1. The molecule has 0 radical (unpaired) electrons. The van der Waals surface area contributed by atoms with Crippen molar-refractivity contribution in [2.75, 3.05) is 32.1 Å². The lowest BCUT2D eigenvalue weighted by Crippen LogP contribution is -2.40. The van der Waals surface area contributed by atoms with Gasteiger partial charge in [-0.25, -0.2) is 4.98 Å². The second-order valence-corrected chi connectivity index (χ2v) is 6.47. The van der Waals surface area contributed by atoms with Crippen LogP contribution in [0.15, 0.2) is 12.1 Å². The van der Waals surface area contributed by atoms with Crippen molar-refractivity contribution in [1.82, 2.24) is 15.2 Å². The summed E-state index contributed by atoms with van der Waals surface area (Å²) in [6, 6.07) is 5.62. The summed E-state index contributed by atoms with van der Waals surface area (Å²) in [7, 11) is 4.24. The van der Waals surface area contributed by atoms with E-state index in [-0.39, 0.29) is 0 Å². The molecule has 1 heterocycles. The first-order valence-electron chi connectivity index (χ1n) is 8.12. The summed E-state index contributed by atoms with van der Waals surface area (Å²) < 4.78 is 0. The third-order valence-corrected chi connectivity index (χ3v) is 4.14. The zero-order chi connectivity index (χ0) is 15.4. The highest BCUT2D eigenvalue weighted by atomic mass is 15.2. The minimum Gasteiger partial charge on any atom is -0.353 e. The number of aromatic nitrogens is 1. The molecule has 1 N–H and O–H groups in total. The van der Waals surface area contributed by atoms with Gasteiger partial charge in [-0.2, -0.15) is 0 Å². The Hall–Kier alpha value is -1.13. The minimum atomic E-state index is 0.465. The highest BCUT2D eigenvalue weighted by molar-refractivity contribution is 5.42. The fourth-order valence-corrected chi connectivity index (χ4v) is 2.79. The van der Waals surface area contributed by atoms with Gasteiger partial charge in [0.05, 0.1) is 0 Å². The highest BCUT2D eigenvalue weighted by Gasteiger charge is 2.21. The van der Waals surface area contributed by atoms with Crippen LogP contribution >= 0.6 is 0 Å². The molecule has 1 aromatic rings. The second kappa shape index (κ2) is 7.23. The van der Waals surface area contributed by atoms with Gasteiger partial charge >= 0.3 is 0 Å². The average molecular weight is 290 g/mol. The lowest BCUT2D eigenvalue weighted by molar-refractivity contribution is 0.372. The fourth-order valence-electron chi connectivity index (χ4n) is 2.79. The first-order valence-corrected chi connectivity index (χ1v) is 8.12. The van der Waals surface area contributed by atoms with Crippen molar-refractivity contribution in [3.05, 3.63) is 23.4 Å². The first kappa shape index (κ1) is 16.2. The van der Waals surface area contributed by atoms with Gasteiger partial charge < -0.3 is 15.1 Å². The van der Waals surface area contributed by atoms with Crippen LogP contribution in [-0.4, -0.2) is 49.2 Å². The predicted molar refractivity (Wildman–Crippen MR) is 89.9 cm³/mol. The molecule has 1 aliphatic carbocycles. The van der Waals surface area contributed by atoms with E-state index in [0.29, 0.717) is 6.04 Å². The van der Waals surface area contributed by atoms with E-state index >= 15 is 0 Å². The number of hydrogen-bond acceptors (Lipinski definition) is 4. The third-order valence-electron chi connectivity index (χ3n) is 4.14. The predicted octanol–water partition coefficient (Wildman–Crippen LogP) is 2.42. The molecule has 1 unspecified atom stereocenters. The van der Waals surface area contributed by atoms with Crippen molar-refractivity contribution in [2.45, 2.75) is 52.2 Å². The van der Waals surface area contributed by atoms with Gasteiger partial charge in [0, 0.05) is 37.4 Å². The molecule has 2 rings (SSSR count). The van der Waals surface area contributed by atoms with Crippen molar-refractivity contribution in [3.8, 4) is 0 Å². The van der Waals surface area contributed by atoms with Gasteiger partial charge in [0.2, 0.25) is 0 Å². The standard InChI is InChI=1S/C17H30N4/c1-6-21(13(2)12-20(4)5)17-10-7-15(14(3)19-17)11-18-16-8-9-16/h7,10,13,16,18H,6,8-9,11-12H2,1-5H3. The Kier molecular flexibility index (Phi) is 5.59. The van der Waals surface area contributed by atoms with Crippen LogP contribution in [0.3, 0.4) is 0 Å². The molecule has 0 saturated heterocycles. The monoisotopic (exact) mass is 290 g/mol. The van der Waals surface area contributed by atoms with Crippen molar-refractivity contribution in [1.29, 1.82) is 0 Å². The van der Waals surface area contributed by atoms with Gasteiger partial charge in [-0.3, -0.25) is 0 Å². The zero-order valence-corrected chi connectivity index (χ0v) is 14.2. The fraction of sp³-hybridized carbons (Fsp3) is 0.706.